The molecule has 1 rings (SSSR count). The van der Waals surface area contributed by atoms with Gasteiger partial charge >= 0.3 is 18.4 Å². The monoisotopic (exact) mass is 374 g/mol. The topological polar surface area (TPSA) is 73.6 Å². The Morgan fingerprint density at radius 1 is 1.12 bits per heavy atom. The number of nitrogens with one attached hydrogen (secondary N) is 1. The summed E-state index contributed by atoms with van der Waals surface area (Å²) >= 11 is 0. The molecule has 11 heteroatoms. The van der Waals surface area contributed by atoms with Crippen LogP contribution < -0.4 is 15.8 Å². The van der Waals surface area contributed by atoms with E-state index in [4.69, 9.17) is 10.5 Å². The van der Waals surface area contributed by atoms with Gasteiger partial charge in [-0.15, -0.1) is 0 Å². The number of nitrogens with two attached hydrogens (primary N) is 1. The third kappa shape index (κ3) is 6.98. The van der Waals surface area contributed by atoms with E-state index < -0.39 is 47.7 Å². The molecule has 0 aliphatic heterocycles. The SMILES string of the molecule is CC(C)(C)OC(=O)Nc1cc(OCC(F)(F)F)c(C(F)(F)F)cc1N. The molecule has 1 aromatic rings. The van der Waals surface area contributed by atoms with Crippen LogP contribution in [0.5, 0.6) is 5.75 Å². The van der Waals surface area contributed by atoms with Crippen molar-refractivity contribution in [2.75, 3.05) is 17.7 Å². The van der Waals surface area contributed by atoms with Crippen molar-refractivity contribution in [2.45, 2.75) is 38.7 Å². The first-order valence-corrected chi connectivity index (χ1v) is 6.79. The molecular formula is C14H16F6N2O3. The van der Waals surface area contributed by atoms with Crippen LogP contribution in [0, 0.1) is 0 Å². The highest BCUT2D eigenvalue weighted by atomic mass is 19.4. The first-order valence-electron chi connectivity index (χ1n) is 6.79. The highest BCUT2D eigenvalue weighted by Crippen LogP contribution is 2.41. The van der Waals surface area contributed by atoms with Crippen LogP contribution in [0.2, 0.25) is 0 Å². The smallest absolute Gasteiger partial charge is 0.422 e. The minimum atomic E-state index is -5.00. The molecule has 0 radical (unpaired) electrons. The predicted octanol–water partition coefficient (Wildman–Crippen LogP) is 4.58. The molecule has 0 bridgehead atoms. The number of hydrogen-bond donors (Lipinski definition) is 2. The number of rotatable bonds is 3. The molecule has 0 aliphatic rings. The number of halogens is 6. The van der Waals surface area contributed by atoms with Crippen LogP contribution in [0.3, 0.4) is 0 Å². The van der Waals surface area contributed by atoms with Gasteiger partial charge in [-0.1, -0.05) is 0 Å². The van der Waals surface area contributed by atoms with E-state index in [0.29, 0.717) is 12.1 Å². The minimum absolute atomic E-state index is 0.373. The normalized spacial score (nSPS) is 12.7. The third-order valence-electron chi connectivity index (χ3n) is 2.48. The number of carbonyl (C=O) groups is 1. The second-order valence-corrected chi connectivity index (χ2v) is 5.96. The molecule has 0 aliphatic carbocycles. The highest BCUT2D eigenvalue weighted by Gasteiger charge is 2.37. The highest BCUT2D eigenvalue weighted by molar-refractivity contribution is 5.90. The molecule has 1 amide bonds. The van der Waals surface area contributed by atoms with E-state index >= 15 is 0 Å². The summed E-state index contributed by atoms with van der Waals surface area (Å²) in [5.41, 5.74) is 2.14. The molecule has 0 spiro atoms. The number of nitrogen functional groups attached to an aromatic ring is 1. The van der Waals surface area contributed by atoms with E-state index in [1.807, 2.05) is 0 Å². The molecule has 0 fully saturated rings. The number of alkyl halides is 6. The van der Waals surface area contributed by atoms with Crippen molar-refractivity contribution in [3.63, 3.8) is 0 Å². The first kappa shape index (κ1) is 20.7. The van der Waals surface area contributed by atoms with Crippen molar-refractivity contribution in [1.82, 2.24) is 0 Å². The Balaban J connectivity index is 3.17. The maximum absolute atomic E-state index is 12.9. The zero-order valence-electron chi connectivity index (χ0n) is 13.4. The third-order valence-corrected chi connectivity index (χ3v) is 2.48. The van der Waals surface area contributed by atoms with E-state index in [9.17, 15) is 31.1 Å². The average Bonchev–Trinajstić information content (AvgIpc) is 2.34. The largest absolute Gasteiger partial charge is 0.483 e. The van der Waals surface area contributed by atoms with Gasteiger partial charge in [0.1, 0.15) is 11.4 Å². The Morgan fingerprint density at radius 2 is 1.68 bits per heavy atom. The summed E-state index contributed by atoms with van der Waals surface area (Å²) in [6.45, 7) is 2.69. The number of carbonyl (C=O) groups excluding carboxylic acids is 1. The van der Waals surface area contributed by atoms with E-state index in [0.717, 1.165) is 0 Å². The number of ether oxygens (including phenoxy) is 2. The van der Waals surface area contributed by atoms with Crippen LogP contribution in [0.25, 0.3) is 0 Å². The van der Waals surface area contributed by atoms with Gasteiger partial charge in [0, 0.05) is 6.07 Å². The molecule has 0 unspecified atom stereocenters. The number of benzene rings is 1. The van der Waals surface area contributed by atoms with Gasteiger partial charge in [0.15, 0.2) is 6.61 Å². The Kier molecular flexibility index (Phi) is 5.70. The van der Waals surface area contributed by atoms with Crippen LogP contribution in [0.1, 0.15) is 26.3 Å². The molecule has 5 nitrogen and oxygen atoms in total. The number of anilines is 2. The second-order valence-electron chi connectivity index (χ2n) is 5.96. The lowest BCUT2D eigenvalue weighted by atomic mass is 10.1. The van der Waals surface area contributed by atoms with E-state index in [1.165, 1.54) is 0 Å². The maximum atomic E-state index is 12.9. The zero-order valence-corrected chi connectivity index (χ0v) is 13.4. The van der Waals surface area contributed by atoms with Gasteiger partial charge in [-0.05, 0) is 26.8 Å². The fraction of sp³-hybridized carbons (Fsp3) is 0.500. The van der Waals surface area contributed by atoms with Crippen LogP contribution in [0.15, 0.2) is 12.1 Å². The minimum Gasteiger partial charge on any atom is -0.483 e. The summed E-state index contributed by atoms with van der Waals surface area (Å²) in [6.07, 6.45) is -10.9. The van der Waals surface area contributed by atoms with Gasteiger partial charge in [-0.2, -0.15) is 26.3 Å². The van der Waals surface area contributed by atoms with Gasteiger partial charge in [0.25, 0.3) is 0 Å². The predicted molar refractivity (Wildman–Crippen MR) is 77.3 cm³/mol. The summed E-state index contributed by atoms with van der Waals surface area (Å²) in [7, 11) is 0. The zero-order chi connectivity index (χ0) is 19.6. The van der Waals surface area contributed by atoms with Gasteiger partial charge in [-0.3, -0.25) is 5.32 Å². The van der Waals surface area contributed by atoms with Gasteiger partial charge in [-0.25, -0.2) is 4.79 Å². The lowest BCUT2D eigenvalue weighted by Crippen LogP contribution is -2.27. The van der Waals surface area contributed by atoms with Crippen molar-refractivity contribution in [3.8, 4) is 5.75 Å². The standard InChI is InChI=1S/C14H16F6N2O3/c1-12(2,3)25-11(23)22-9-5-10(24-6-13(15,16)17)7(4-8(9)21)14(18,19)20/h4-5H,6,21H2,1-3H3,(H,22,23). The first-order chi connectivity index (χ1) is 11.1. The van der Waals surface area contributed by atoms with Crippen LogP contribution in [0.4, 0.5) is 42.5 Å². The van der Waals surface area contributed by atoms with E-state index in [-0.39, 0.29) is 5.69 Å². The van der Waals surface area contributed by atoms with Crippen LogP contribution in [-0.4, -0.2) is 24.5 Å². The molecule has 25 heavy (non-hydrogen) atoms. The maximum Gasteiger partial charge on any atom is 0.422 e. The molecular weight excluding hydrogens is 358 g/mol. The van der Waals surface area contributed by atoms with Crippen molar-refractivity contribution in [1.29, 1.82) is 0 Å². The summed E-state index contributed by atoms with van der Waals surface area (Å²) in [4.78, 5) is 11.7. The molecule has 0 saturated carbocycles. The van der Waals surface area contributed by atoms with E-state index in [2.05, 4.69) is 10.1 Å². The molecule has 0 heterocycles. The van der Waals surface area contributed by atoms with Crippen LogP contribution in [-0.2, 0) is 10.9 Å². The van der Waals surface area contributed by atoms with Gasteiger partial charge in [0.05, 0.1) is 16.9 Å². The van der Waals surface area contributed by atoms with Gasteiger partial charge in [0.2, 0.25) is 0 Å². The fourth-order valence-corrected chi connectivity index (χ4v) is 1.62. The van der Waals surface area contributed by atoms with Crippen molar-refractivity contribution < 1.29 is 40.6 Å². The lowest BCUT2D eigenvalue weighted by molar-refractivity contribution is -0.158. The molecule has 0 aromatic heterocycles. The van der Waals surface area contributed by atoms with Crippen molar-refractivity contribution in [3.05, 3.63) is 17.7 Å². The lowest BCUT2D eigenvalue weighted by Gasteiger charge is -2.21. The molecule has 1 aromatic carbocycles. The number of hydrogen-bond acceptors (Lipinski definition) is 4. The molecule has 3 N–H and O–H groups in total. The summed E-state index contributed by atoms with van der Waals surface area (Å²) in [5.74, 6) is -1.12. The van der Waals surface area contributed by atoms with Gasteiger partial charge < -0.3 is 15.2 Å². The van der Waals surface area contributed by atoms with Crippen molar-refractivity contribution in [2.24, 2.45) is 0 Å². The summed E-state index contributed by atoms with van der Waals surface area (Å²) < 4.78 is 84.6. The summed E-state index contributed by atoms with van der Waals surface area (Å²) in [6, 6.07) is 0.937. The molecule has 0 atom stereocenters. The molecule has 142 valence electrons. The summed E-state index contributed by atoms with van der Waals surface area (Å²) in [5, 5.41) is 2.07. The Bertz CT molecular complexity index is 635. The van der Waals surface area contributed by atoms with Crippen LogP contribution >= 0.6 is 0 Å². The van der Waals surface area contributed by atoms with E-state index in [1.54, 1.807) is 20.8 Å². The average molecular weight is 374 g/mol. The Labute approximate surface area is 139 Å². The molecule has 0 saturated heterocycles. The Morgan fingerprint density at radius 3 is 2.12 bits per heavy atom. The van der Waals surface area contributed by atoms with Crippen molar-refractivity contribution >= 4 is 17.5 Å². The fourth-order valence-electron chi connectivity index (χ4n) is 1.62. The number of amides is 1. The second kappa shape index (κ2) is 6.89. The Hall–Kier alpha value is -2.33. The quantitative estimate of drug-likeness (QED) is 0.600.